The van der Waals surface area contributed by atoms with E-state index in [4.69, 9.17) is 16.7 Å². The van der Waals surface area contributed by atoms with Crippen molar-refractivity contribution in [2.24, 2.45) is 0 Å². The van der Waals surface area contributed by atoms with Gasteiger partial charge in [-0.3, -0.25) is 4.79 Å². The first-order valence-corrected chi connectivity index (χ1v) is 5.58. The van der Waals surface area contributed by atoms with Crippen LogP contribution in [0.5, 0.6) is 5.75 Å². The molecule has 20 heavy (non-hydrogen) atoms. The standard InChI is InChI=1S/C12H6ClF3N2O2/c13-6-2-1-3-17-11(6)18-12(20)5-4-7(14)9(16)10(19)8(5)15/h1-4,19H,(H,17,18,20). The summed E-state index contributed by atoms with van der Waals surface area (Å²) in [4.78, 5) is 15.5. The second-order valence-electron chi connectivity index (χ2n) is 3.67. The third kappa shape index (κ3) is 2.53. The number of phenols is 1. The molecule has 0 saturated heterocycles. The van der Waals surface area contributed by atoms with Crippen molar-refractivity contribution in [3.05, 3.63) is 52.4 Å². The molecule has 0 atom stereocenters. The normalized spacial score (nSPS) is 10.4. The SMILES string of the molecule is O=C(Nc1ncccc1Cl)c1cc(F)c(F)c(O)c1F. The van der Waals surface area contributed by atoms with E-state index in [9.17, 15) is 18.0 Å². The number of pyridine rings is 1. The predicted molar refractivity (Wildman–Crippen MR) is 65.2 cm³/mol. The summed E-state index contributed by atoms with van der Waals surface area (Å²) in [6.45, 7) is 0. The third-order valence-corrected chi connectivity index (χ3v) is 2.67. The zero-order chi connectivity index (χ0) is 14.9. The van der Waals surface area contributed by atoms with Crippen molar-refractivity contribution in [1.29, 1.82) is 0 Å². The maximum Gasteiger partial charge on any atom is 0.260 e. The van der Waals surface area contributed by atoms with Gasteiger partial charge in [0, 0.05) is 6.20 Å². The predicted octanol–water partition coefficient (Wildman–Crippen LogP) is 3.11. The van der Waals surface area contributed by atoms with Gasteiger partial charge < -0.3 is 10.4 Å². The number of halogens is 4. The Morgan fingerprint density at radius 1 is 1.30 bits per heavy atom. The third-order valence-electron chi connectivity index (χ3n) is 2.37. The molecule has 4 nitrogen and oxygen atoms in total. The summed E-state index contributed by atoms with van der Waals surface area (Å²) in [5, 5.41) is 11.2. The first-order chi connectivity index (χ1) is 9.41. The lowest BCUT2D eigenvalue weighted by atomic mass is 10.1. The van der Waals surface area contributed by atoms with E-state index in [1.54, 1.807) is 0 Å². The van der Waals surface area contributed by atoms with Crippen molar-refractivity contribution >= 4 is 23.3 Å². The van der Waals surface area contributed by atoms with E-state index < -0.39 is 34.7 Å². The molecule has 1 amide bonds. The fourth-order valence-electron chi connectivity index (χ4n) is 1.41. The number of nitrogens with one attached hydrogen (secondary N) is 1. The summed E-state index contributed by atoms with van der Waals surface area (Å²) in [6.07, 6.45) is 1.32. The first kappa shape index (κ1) is 14.1. The molecule has 0 bridgehead atoms. The highest BCUT2D eigenvalue weighted by Crippen LogP contribution is 2.27. The first-order valence-electron chi connectivity index (χ1n) is 5.20. The summed E-state index contributed by atoms with van der Waals surface area (Å²) < 4.78 is 39.5. The monoisotopic (exact) mass is 302 g/mol. The number of aromatic hydroxyl groups is 1. The van der Waals surface area contributed by atoms with Crippen molar-refractivity contribution < 1.29 is 23.1 Å². The molecule has 1 heterocycles. The maximum absolute atomic E-state index is 13.5. The van der Waals surface area contributed by atoms with E-state index in [0.717, 1.165) is 0 Å². The molecule has 0 aliphatic carbocycles. The number of rotatable bonds is 2. The Labute approximate surface area is 115 Å². The number of hydrogen-bond acceptors (Lipinski definition) is 3. The lowest BCUT2D eigenvalue weighted by Crippen LogP contribution is -2.16. The molecule has 2 aromatic rings. The highest BCUT2D eigenvalue weighted by Gasteiger charge is 2.23. The molecule has 1 aromatic carbocycles. The van der Waals surface area contributed by atoms with Gasteiger partial charge in [-0.2, -0.15) is 4.39 Å². The summed E-state index contributed by atoms with van der Waals surface area (Å²) in [6, 6.07) is 3.25. The zero-order valence-electron chi connectivity index (χ0n) is 9.62. The Kier molecular flexibility index (Phi) is 3.80. The van der Waals surface area contributed by atoms with Gasteiger partial charge in [0.25, 0.3) is 5.91 Å². The quantitative estimate of drug-likeness (QED) is 0.838. The molecule has 1 aromatic heterocycles. The molecule has 0 unspecified atom stereocenters. The molecule has 0 saturated carbocycles. The van der Waals surface area contributed by atoms with Crippen molar-refractivity contribution in [1.82, 2.24) is 4.98 Å². The van der Waals surface area contributed by atoms with Gasteiger partial charge >= 0.3 is 0 Å². The van der Waals surface area contributed by atoms with Gasteiger partial charge in [0.2, 0.25) is 5.82 Å². The minimum absolute atomic E-state index is 0.0769. The van der Waals surface area contributed by atoms with Crippen LogP contribution in [-0.2, 0) is 0 Å². The summed E-state index contributed by atoms with van der Waals surface area (Å²) in [5.41, 5.74) is -0.872. The molecule has 0 radical (unpaired) electrons. The number of anilines is 1. The number of hydrogen-bond donors (Lipinski definition) is 2. The van der Waals surface area contributed by atoms with Gasteiger partial charge in [0.05, 0.1) is 10.6 Å². The smallest absolute Gasteiger partial charge is 0.260 e. The Balaban J connectivity index is 2.38. The largest absolute Gasteiger partial charge is 0.503 e. The number of nitrogens with zero attached hydrogens (tertiary/aromatic N) is 1. The van der Waals surface area contributed by atoms with Crippen LogP contribution in [0.4, 0.5) is 19.0 Å². The van der Waals surface area contributed by atoms with E-state index in [0.29, 0.717) is 6.07 Å². The second-order valence-corrected chi connectivity index (χ2v) is 4.08. The molecule has 0 aliphatic rings. The number of benzene rings is 1. The minimum Gasteiger partial charge on any atom is -0.503 e. The van der Waals surface area contributed by atoms with Crippen molar-refractivity contribution in [2.45, 2.75) is 0 Å². The van der Waals surface area contributed by atoms with Gasteiger partial charge in [-0.05, 0) is 18.2 Å². The van der Waals surface area contributed by atoms with Crippen LogP contribution < -0.4 is 5.32 Å². The summed E-state index contributed by atoms with van der Waals surface area (Å²) in [5.74, 6) is -7.67. The van der Waals surface area contributed by atoms with E-state index in [1.165, 1.54) is 18.3 Å². The van der Waals surface area contributed by atoms with E-state index in [2.05, 4.69) is 10.3 Å². The Morgan fingerprint density at radius 3 is 2.65 bits per heavy atom. The number of aromatic nitrogens is 1. The zero-order valence-corrected chi connectivity index (χ0v) is 10.4. The van der Waals surface area contributed by atoms with Crippen molar-refractivity contribution in [3.63, 3.8) is 0 Å². The number of carbonyl (C=O) groups is 1. The Morgan fingerprint density at radius 2 is 2.00 bits per heavy atom. The molecular weight excluding hydrogens is 297 g/mol. The molecule has 2 N–H and O–H groups in total. The van der Waals surface area contributed by atoms with Crippen LogP contribution in [0.1, 0.15) is 10.4 Å². The van der Waals surface area contributed by atoms with Gasteiger partial charge in [-0.25, -0.2) is 13.8 Å². The van der Waals surface area contributed by atoms with Gasteiger partial charge in [-0.15, -0.1) is 0 Å². The van der Waals surface area contributed by atoms with Crippen LogP contribution in [0, 0.1) is 17.5 Å². The highest BCUT2D eigenvalue weighted by atomic mass is 35.5. The lowest BCUT2D eigenvalue weighted by Gasteiger charge is -2.08. The van der Waals surface area contributed by atoms with E-state index >= 15 is 0 Å². The van der Waals surface area contributed by atoms with Gasteiger partial charge in [0.1, 0.15) is 0 Å². The molecule has 104 valence electrons. The van der Waals surface area contributed by atoms with Crippen LogP contribution in [0.25, 0.3) is 0 Å². The molecule has 2 rings (SSSR count). The molecular formula is C12H6ClF3N2O2. The van der Waals surface area contributed by atoms with Crippen LogP contribution in [0.3, 0.4) is 0 Å². The highest BCUT2D eigenvalue weighted by molar-refractivity contribution is 6.33. The van der Waals surface area contributed by atoms with Gasteiger partial charge in [-0.1, -0.05) is 11.6 Å². The second kappa shape index (κ2) is 5.38. The lowest BCUT2D eigenvalue weighted by molar-refractivity contribution is 0.102. The topological polar surface area (TPSA) is 62.2 Å². The van der Waals surface area contributed by atoms with Crippen LogP contribution >= 0.6 is 11.6 Å². The maximum atomic E-state index is 13.5. The van der Waals surface area contributed by atoms with Gasteiger partial charge in [0.15, 0.2) is 23.2 Å². The van der Waals surface area contributed by atoms with Crippen LogP contribution in [0.15, 0.2) is 24.4 Å². The van der Waals surface area contributed by atoms with Crippen LogP contribution in [-0.4, -0.2) is 16.0 Å². The minimum atomic E-state index is -1.77. The average molecular weight is 303 g/mol. The molecule has 8 heteroatoms. The van der Waals surface area contributed by atoms with E-state index in [1.807, 2.05) is 0 Å². The fourth-order valence-corrected chi connectivity index (χ4v) is 1.58. The Hall–Kier alpha value is -2.28. The number of carbonyl (C=O) groups excluding carboxylic acids is 1. The molecule has 0 fully saturated rings. The van der Waals surface area contributed by atoms with Crippen molar-refractivity contribution in [3.8, 4) is 5.75 Å². The fraction of sp³-hybridized carbons (Fsp3) is 0. The van der Waals surface area contributed by atoms with Crippen molar-refractivity contribution in [2.75, 3.05) is 5.32 Å². The molecule has 0 aliphatic heterocycles. The average Bonchev–Trinajstić information content (AvgIpc) is 2.43. The van der Waals surface area contributed by atoms with Crippen LogP contribution in [0.2, 0.25) is 5.02 Å². The Bertz CT molecular complexity index is 695. The summed E-state index contributed by atoms with van der Waals surface area (Å²) >= 11 is 5.73. The summed E-state index contributed by atoms with van der Waals surface area (Å²) in [7, 11) is 0. The van der Waals surface area contributed by atoms with E-state index in [-0.39, 0.29) is 10.8 Å². The number of phenolic OH excluding ortho intramolecular Hbond substituents is 1. The number of amides is 1. The molecule has 0 spiro atoms.